The molecule has 0 unspecified atom stereocenters. The van der Waals surface area contributed by atoms with Crippen LogP contribution in [0.15, 0.2) is 42.7 Å². The van der Waals surface area contributed by atoms with E-state index in [0.29, 0.717) is 35.3 Å². The number of anilines is 2. The van der Waals surface area contributed by atoms with Crippen molar-refractivity contribution in [1.82, 2.24) is 20.2 Å². The first-order valence-corrected chi connectivity index (χ1v) is 9.77. The van der Waals surface area contributed by atoms with E-state index in [4.69, 9.17) is 17.3 Å². The molecular formula is C21H25ClN6O. The van der Waals surface area contributed by atoms with Gasteiger partial charge in [-0.25, -0.2) is 9.97 Å². The number of nitrogens with zero attached hydrogens (tertiary/aromatic N) is 3. The molecule has 8 heteroatoms. The maximum Gasteiger partial charge on any atom is 0.255 e. The number of benzene rings is 1. The van der Waals surface area contributed by atoms with Crippen molar-refractivity contribution in [2.24, 2.45) is 0 Å². The van der Waals surface area contributed by atoms with Gasteiger partial charge in [0.15, 0.2) is 0 Å². The fourth-order valence-electron chi connectivity index (χ4n) is 2.99. The van der Waals surface area contributed by atoms with Crippen molar-refractivity contribution >= 4 is 39.9 Å². The van der Waals surface area contributed by atoms with Gasteiger partial charge in [-0.3, -0.25) is 4.79 Å². The molecule has 0 radical (unpaired) electrons. The molecule has 0 aliphatic rings. The lowest BCUT2D eigenvalue weighted by Crippen LogP contribution is -2.25. The van der Waals surface area contributed by atoms with Crippen molar-refractivity contribution in [3.63, 3.8) is 0 Å². The number of rotatable bonds is 8. The van der Waals surface area contributed by atoms with Gasteiger partial charge in [0.2, 0.25) is 0 Å². The van der Waals surface area contributed by atoms with E-state index in [-0.39, 0.29) is 5.91 Å². The molecule has 0 aliphatic carbocycles. The molecule has 0 saturated heterocycles. The van der Waals surface area contributed by atoms with Crippen LogP contribution in [0.1, 0.15) is 22.3 Å². The summed E-state index contributed by atoms with van der Waals surface area (Å²) in [5.41, 5.74) is 7.28. The zero-order chi connectivity index (χ0) is 20.8. The molecule has 0 spiro atoms. The highest BCUT2D eigenvalue weighted by atomic mass is 35.5. The number of hydrogen-bond acceptors (Lipinski definition) is 6. The quantitative estimate of drug-likeness (QED) is 0.492. The number of nitrogens with one attached hydrogen (secondary N) is 2. The second kappa shape index (κ2) is 9.54. The van der Waals surface area contributed by atoms with Crippen LogP contribution in [0.4, 0.5) is 11.6 Å². The zero-order valence-electron chi connectivity index (χ0n) is 16.6. The monoisotopic (exact) mass is 412 g/mol. The van der Waals surface area contributed by atoms with Gasteiger partial charge < -0.3 is 21.3 Å². The lowest BCUT2D eigenvalue weighted by molar-refractivity contribution is 0.0951. The van der Waals surface area contributed by atoms with Gasteiger partial charge in [-0.15, -0.1) is 0 Å². The summed E-state index contributed by atoms with van der Waals surface area (Å²) in [4.78, 5) is 23.2. The molecule has 7 nitrogen and oxygen atoms in total. The molecule has 2 aromatic heterocycles. The number of fused-ring (bicyclic) bond motifs is 1. The van der Waals surface area contributed by atoms with Gasteiger partial charge in [0.05, 0.1) is 10.6 Å². The zero-order valence-corrected chi connectivity index (χ0v) is 17.3. The highest BCUT2D eigenvalue weighted by Gasteiger charge is 2.14. The van der Waals surface area contributed by atoms with Crippen LogP contribution in [-0.4, -0.2) is 48.0 Å². The van der Waals surface area contributed by atoms with Gasteiger partial charge in [-0.1, -0.05) is 23.7 Å². The lowest BCUT2D eigenvalue weighted by Gasteiger charge is -2.13. The van der Waals surface area contributed by atoms with Crippen LogP contribution >= 0.6 is 11.6 Å². The van der Waals surface area contributed by atoms with Crippen LogP contribution in [0.3, 0.4) is 0 Å². The highest BCUT2D eigenvalue weighted by molar-refractivity contribution is 6.31. The lowest BCUT2D eigenvalue weighted by atomic mass is 10.1. The van der Waals surface area contributed by atoms with Crippen LogP contribution in [0.5, 0.6) is 0 Å². The molecule has 1 amide bonds. The van der Waals surface area contributed by atoms with Crippen molar-refractivity contribution < 1.29 is 4.79 Å². The fraction of sp³-hybridized carbons (Fsp3) is 0.286. The normalized spacial score (nSPS) is 11.0. The molecule has 0 saturated carbocycles. The average molecular weight is 413 g/mol. The predicted molar refractivity (Wildman–Crippen MR) is 118 cm³/mol. The Balaban J connectivity index is 1.67. The summed E-state index contributed by atoms with van der Waals surface area (Å²) in [5.74, 6) is 0.792. The van der Waals surface area contributed by atoms with E-state index >= 15 is 0 Å². The maximum atomic E-state index is 12.8. The van der Waals surface area contributed by atoms with E-state index in [1.807, 2.05) is 38.4 Å². The second-order valence-electron chi connectivity index (χ2n) is 7.07. The molecule has 0 fully saturated rings. The Morgan fingerprint density at radius 1 is 1.21 bits per heavy atom. The second-order valence-corrected chi connectivity index (χ2v) is 7.50. The third-order valence-corrected chi connectivity index (χ3v) is 4.69. The molecule has 2 heterocycles. The third-order valence-electron chi connectivity index (χ3n) is 4.49. The molecule has 0 aliphatic heterocycles. The first kappa shape index (κ1) is 20.8. The Kier molecular flexibility index (Phi) is 6.85. The van der Waals surface area contributed by atoms with Gasteiger partial charge in [-0.2, -0.15) is 0 Å². The minimum Gasteiger partial charge on any atom is -0.383 e. The van der Waals surface area contributed by atoms with Crippen LogP contribution in [-0.2, 0) is 6.54 Å². The highest BCUT2D eigenvalue weighted by Crippen LogP contribution is 2.21. The Morgan fingerprint density at radius 3 is 2.83 bits per heavy atom. The van der Waals surface area contributed by atoms with Crippen molar-refractivity contribution in [2.75, 3.05) is 38.2 Å². The predicted octanol–water partition coefficient (Wildman–Crippen LogP) is 3.16. The number of nitrogen functional groups attached to an aromatic ring is 1. The van der Waals surface area contributed by atoms with Crippen molar-refractivity contribution in [1.29, 1.82) is 0 Å². The maximum absolute atomic E-state index is 12.8. The van der Waals surface area contributed by atoms with E-state index in [1.165, 1.54) is 6.20 Å². The third kappa shape index (κ3) is 5.56. The number of amides is 1. The summed E-state index contributed by atoms with van der Waals surface area (Å²) in [6, 6.07) is 9.36. The summed E-state index contributed by atoms with van der Waals surface area (Å²) >= 11 is 6.07. The summed E-state index contributed by atoms with van der Waals surface area (Å²) in [5, 5.41) is 8.46. The van der Waals surface area contributed by atoms with E-state index in [1.54, 1.807) is 12.3 Å². The Morgan fingerprint density at radius 2 is 2.03 bits per heavy atom. The van der Waals surface area contributed by atoms with Gasteiger partial charge >= 0.3 is 0 Å². The molecular weight excluding hydrogens is 388 g/mol. The first-order chi connectivity index (χ1) is 13.9. The van der Waals surface area contributed by atoms with Crippen molar-refractivity contribution in [2.45, 2.75) is 13.0 Å². The number of halogens is 1. The number of nitrogens with two attached hydrogens (primary N) is 1. The van der Waals surface area contributed by atoms with E-state index < -0.39 is 0 Å². The van der Waals surface area contributed by atoms with E-state index in [2.05, 4.69) is 25.5 Å². The molecule has 152 valence electrons. The van der Waals surface area contributed by atoms with Gasteiger partial charge in [0, 0.05) is 30.9 Å². The first-order valence-electron chi connectivity index (χ1n) is 9.39. The topological polar surface area (TPSA) is 96.2 Å². The molecule has 29 heavy (non-hydrogen) atoms. The van der Waals surface area contributed by atoms with Crippen LogP contribution in [0.25, 0.3) is 10.8 Å². The Labute approximate surface area is 175 Å². The SMILES string of the molecule is CN(C)CCCNc1ncc(Cl)cc1C(=O)NCc1ccc2c(N)nccc2c1. The van der Waals surface area contributed by atoms with Gasteiger partial charge in [0.25, 0.3) is 5.91 Å². The molecule has 1 aromatic carbocycles. The minimum absolute atomic E-state index is 0.232. The summed E-state index contributed by atoms with van der Waals surface area (Å²) in [6.45, 7) is 2.04. The summed E-state index contributed by atoms with van der Waals surface area (Å²) in [6.07, 6.45) is 4.15. The summed E-state index contributed by atoms with van der Waals surface area (Å²) in [7, 11) is 4.05. The number of carbonyl (C=O) groups excluding carboxylic acids is 1. The average Bonchev–Trinajstić information content (AvgIpc) is 2.70. The van der Waals surface area contributed by atoms with Crippen LogP contribution < -0.4 is 16.4 Å². The van der Waals surface area contributed by atoms with Crippen LogP contribution in [0.2, 0.25) is 5.02 Å². The Hall–Kier alpha value is -2.90. The molecule has 0 atom stereocenters. The number of hydrogen-bond donors (Lipinski definition) is 3. The molecule has 0 bridgehead atoms. The van der Waals surface area contributed by atoms with Gasteiger partial charge in [-0.05, 0) is 56.2 Å². The standard InChI is InChI=1S/C21H25ClN6O/c1-28(2)9-3-7-25-20-18(11-16(22)13-26-20)21(29)27-12-14-4-5-17-15(10-14)6-8-24-19(17)23/h4-6,8,10-11,13H,3,7,9,12H2,1-2H3,(H2,23,24)(H,25,26)(H,27,29). The number of carbonyl (C=O) groups is 1. The summed E-state index contributed by atoms with van der Waals surface area (Å²) < 4.78 is 0. The van der Waals surface area contributed by atoms with E-state index in [0.717, 1.165) is 29.3 Å². The Bertz CT molecular complexity index is 1010. The largest absolute Gasteiger partial charge is 0.383 e. The van der Waals surface area contributed by atoms with Crippen molar-refractivity contribution in [3.05, 3.63) is 58.9 Å². The van der Waals surface area contributed by atoms with E-state index in [9.17, 15) is 4.79 Å². The fourth-order valence-corrected chi connectivity index (χ4v) is 3.15. The van der Waals surface area contributed by atoms with Gasteiger partial charge in [0.1, 0.15) is 11.6 Å². The van der Waals surface area contributed by atoms with Crippen molar-refractivity contribution in [3.8, 4) is 0 Å². The molecule has 3 rings (SSSR count). The van der Waals surface area contributed by atoms with Crippen LogP contribution in [0, 0.1) is 0 Å². The molecule has 4 N–H and O–H groups in total. The minimum atomic E-state index is -0.232. The number of aromatic nitrogens is 2. The molecule has 3 aromatic rings. The number of pyridine rings is 2. The smallest absolute Gasteiger partial charge is 0.255 e.